The van der Waals surface area contributed by atoms with Crippen molar-refractivity contribution in [3.63, 3.8) is 0 Å². The number of benzene rings is 3. The number of sulfone groups is 1. The first-order valence-corrected chi connectivity index (χ1v) is 13.2. The molecule has 1 heterocycles. The van der Waals surface area contributed by atoms with Crippen molar-refractivity contribution in [1.82, 2.24) is 15.1 Å². The summed E-state index contributed by atoms with van der Waals surface area (Å²) in [4.78, 5) is 18.1. The summed E-state index contributed by atoms with van der Waals surface area (Å²) < 4.78 is 25.3. The van der Waals surface area contributed by atoms with E-state index in [9.17, 15) is 13.2 Å². The third-order valence-electron chi connectivity index (χ3n) is 6.22. The van der Waals surface area contributed by atoms with Gasteiger partial charge in [-0.05, 0) is 42.4 Å². The van der Waals surface area contributed by atoms with Crippen LogP contribution in [0.15, 0.2) is 89.8 Å². The maximum atomic E-state index is 13.1. The van der Waals surface area contributed by atoms with Crippen molar-refractivity contribution in [2.45, 2.75) is 16.7 Å². The van der Waals surface area contributed by atoms with Crippen LogP contribution < -0.4 is 5.32 Å². The molecule has 3 aromatic rings. The molecule has 0 aliphatic carbocycles. The number of likely N-dealkylation sites (N-methyl/N-ethyl adjacent to an activating group) is 1. The third-order valence-corrected chi connectivity index (χ3v) is 7.92. The molecule has 0 saturated carbocycles. The second-order valence-electron chi connectivity index (χ2n) is 8.81. The van der Waals surface area contributed by atoms with Crippen molar-refractivity contribution in [3.8, 4) is 0 Å². The summed E-state index contributed by atoms with van der Waals surface area (Å²) in [7, 11) is -1.30. The molecule has 1 unspecified atom stereocenters. The molecule has 1 amide bonds. The molecule has 4 rings (SSSR count). The van der Waals surface area contributed by atoms with Gasteiger partial charge in [-0.1, -0.05) is 60.7 Å². The lowest BCUT2D eigenvalue weighted by Gasteiger charge is -2.35. The molecule has 178 valence electrons. The predicted molar refractivity (Wildman–Crippen MR) is 134 cm³/mol. The topological polar surface area (TPSA) is 69.7 Å². The summed E-state index contributed by atoms with van der Waals surface area (Å²) in [6.07, 6.45) is 0. The van der Waals surface area contributed by atoms with Gasteiger partial charge >= 0.3 is 0 Å². The minimum absolute atomic E-state index is 0.102. The van der Waals surface area contributed by atoms with Crippen LogP contribution in [0.3, 0.4) is 0 Å². The molecule has 1 fully saturated rings. The molecule has 1 atom stereocenters. The van der Waals surface area contributed by atoms with E-state index in [2.05, 4.69) is 22.2 Å². The molecule has 1 aliphatic heterocycles. The Hall–Kier alpha value is -3.00. The van der Waals surface area contributed by atoms with E-state index < -0.39 is 9.84 Å². The maximum Gasteiger partial charge on any atom is 0.251 e. The van der Waals surface area contributed by atoms with Crippen molar-refractivity contribution in [2.24, 2.45) is 0 Å². The Morgan fingerprint density at radius 3 is 2.06 bits per heavy atom. The van der Waals surface area contributed by atoms with E-state index in [-0.39, 0.29) is 17.7 Å². The van der Waals surface area contributed by atoms with Crippen LogP contribution in [0.4, 0.5) is 0 Å². The lowest BCUT2D eigenvalue weighted by Crippen LogP contribution is -2.47. The van der Waals surface area contributed by atoms with Gasteiger partial charge in [-0.15, -0.1) is 0 Å². The smallest absolute Gasteiger partial charge is 0.251 e. The standard InChI is InChI=1S/C27H31N3O3S/c1-29-16-18-30(19-17-29)20-26(23-8-4-2-5-9-23)28-27(31)24-14-12-22(13-15-24)21-34(32,33)25-10-6-3-7-11-25/h2-15,26H,16-21H2,1H3,(H,28,31). The van der Waals surface area contributed by atoms with Crippen molar-refractivity contribution >= 4 is 15.7 Å². The zero-order valence-electron chi connectivity index (χ0n) is 19.4. The van der Waals surface area contributed by atoms with Crippen LogP contribution in [0.1, 0.15) is 27.5 Å². The maximum absolute atomic E-state index is 13.1. The average Bonchev–Trinajstić information content (AvgIpc) is 2.86. The molecule has 34 heavy (non-hydrogen) atoms. The molecular weight excluding hydrogens is 446 g/mol. The minimum atomic E-state index is -3.43. The van der Waals surface area contributed by atoms with Gasteiger partial charge in [0.2, 0.25) is 0 Å². The molecule has 1 saturated heterocycles. The van der Waals surface area contributed by atoms with E-state index in [1.807, 2.05) is 30.3 Å². The number of amides is 1. The van der Waals surface area contributed by atoms with Crippen LogP contribution in [-0.2, 0) is 15.6 Å². The number of hydrogen-bond acceptors (Lipinski definition) is 5. The van der Waals surface area contributed by atoms with E-state index in [0.29, 0.717) is 16.0 Å². The Bertz CT molecular complexity index is 1170. The molecule has 6 nitrogen and oxygen atoms in total. The molecule has 0 spiro atoms. The normalized spacial score (nSPS) is 16.1. The Morgan fingerprint density at radius 2 is 1.44 bits per heavy atom. The number of carbonyl (C=O) groups excluding carboxylic acids is 1. The van der Waals surface area contributed by atoms with Crippen LogP contribution >= 0.6 is 0 Å². The van der Waals surface area contributed by atoms with Crippen molar-refractivity contribution < 1.29 is 13.2 Å². The van der Waals surface area contributed by atoms with E-state index in [1.54, 1.807) is 54.6 Å². The highest BCUT2D eigenvalue weighted by Gasteiger charge is 2.22. The predicted octanol–water partition coefficient (Wildman–Crippen LogP) is 3.38. The fraction of sp³-hybridized carbons (Fsp3) is 0.296. The quantitative estimate of drug-likeness (QED) is 0.539. The van der Waals surface area contributed by atoms with E-state index in [1.165, 1.54) is 0 Å². The first kappa shape index (κ1) is 24.1. The number of nitrogens with one attached hydrogen (secondary N) is 1. The highest BCUT2D eigenvalue weighted by Crippen LogP contribution is 2.19. The van der Waals surface area contributed by atoms with Gasteiger partial charge in [0, 0.05) is 38.3 Å². The Labute approximate surface area is 202 Å². The van der Waals surface area contributed by atoms with Crippen LogP contribution in [0.5, 0.6) is 0 Å². The van der Waals surface area contributed by atoms with Crippen LogP contribution in [0, 0.1) is 0 Å². The second-order valence-corrected chi connectivity index (χ2v) is 10.8. The summed E-state index contributed by atoms with van der Waals surface area (Å²) in [5.41, 5.74) is 2.23. The lowest BCUT2D eigenvalue weighted by atomic mass is 10.0. The fourth-order valence-corrected chi connectivity index (χ4v) is 5.50. The summed E-state index contributed by atoms with van der Waals surface area (Å²) in [6.45, 7) is 4.73. The first-order chi connectivity index (χ1) is 16.4. The van der Waals surface area contributed by atoms with Gasteiger partial charge in [-0.3, -0.25) is 9.69 Å². The van der Waals surface area contributed by atoms with Gasteiger partial charge in [0.1, 0.15) is 0 Å². The van der Waals surface area contributed by atoms with Crippen molar-refractivity contribution in [3.05, 3.63) is 102 Å². The van der Waals surface area contributed by atoms with Gasteiger partial charge in [0.25, 0.3) is 5.91 Å². The molecule has 3 aromatic carbocycles. The molecule has 1 aliphatic rings. The van der Waals surface area contributed by atoms with Crippen LogP contribution in [-0.4, -0.2) is 63.9 Å². The number of piperazine rings is 1. The molecule has 7 heteroatoms. The summed E-state index contributed by atoms with van der Waals surface area (Å²) in [6, 6.07) is 25.1. The zero-order chi connectivity index (χ0) is 24.0. The Morgan fingerprint density at radius 1 is 0.853 bits per heavy atom. The number of nitrogens with zero attached hydrogens (tertiary/aromatic N) is 2. The van der Waals surface area contributed by atoms with Gasteiger partial charge < -0.3 is 10.2 Å². The summed E-state index contributed by atoms with van der Waals surface area (Å²) >= 11 is 0. The van der Waals surface area contributed by atoms with Crippen molar-refractivity contribution in [1.29, 1.82) is 0 Å². The largest absolute Gasteiger partial charge is 0.344 e. The third kappa shape index (κ3) is 6.32. The molecule has 0 aromatic heterocycles. The Balaban J connectivity index is 1.44. The van der Waals surface area contributed by atoms with Gasteiger partial charge in [-0.2, -0.15) is 0 Å². The van der Waals surface area contributed by atoms with Crippen LogP contribution in [0.25, 0.3) is 0 Å². The number of rotatable bonds is 8. The molecule has 0 bridgehead atoms. The lowest BCUT2D eigenvalue weighted by molar-refractivity contribution is 0.0907. The van der Waals surface area contributed by atoms with Gasteiger partial charge in [0.05, 0.1) is 16.7 Å². The van der Waals surface area contributed by atoms with E-state index in [4.69, 9.17) is 0 Å². The first-order valence-electron chi connectivity index (χ1n) is 11.5. The summed E-state index contributed by atoms with van der Waals surface area (Å²) in [5, 5.41) is 3.19. The zero-order valence-corrected chi connectivity index (χ0v) is 20.2. The average molecular weight is 478 g/mol. The highest BCUT2D eigenvalue weighted by atomic mass is 32.2. The SMILES string of the molecule is CN1CCN(CC(NC(=O)c2ccc(CS(=O)(=O)c3ccccc3)cc2)c2ccccc2)CC1. The summed E-state index contributed by atoms with van der Waals surface area (Å²) in [5.74, 6) is -0.268. The monoisotopic (exact) mass is 477 g/mol. The molecular formula is C27H31N3O3S. The number of carbonyl (C=O) groups is 1. The number of hydrogen-bond donors (Lipinski definition) is 1. The van der Waals surface area contributed by atoms with Crippen molar-refractivity contribution in [2.75, 3.05) is 39.8 Å². The highest BCUT2D eigenvalue weighted by molar-refractivity contribution is 7.90. The van der Waals surface area contributed by atoms with E-state index >= 15 is 0 Å². The van der Waals surface area contributed by atoms with Gasteiger partial charge in [-0.25, -0.2) is 8.42 Å². The van der Waals surface area contributed by atoms with E-state index in [0.717, 1.165) is 38.3 Å². The second kappa shape index (κ2) is 11.0. The van der Waals surface area contributed by atoms with Crippen LogP contribution in [0.2, 0.25) is 0 Å². The fourth-order valence-electron chi connectivity index (χ4n) is 4.13. The van der Waals surface area contributed by atoms with Gasteiger partial charge in [0.15, 0.2) is 9.84 Å². The Kier molecular flexibility index (Phi) is 7.77. The molecule has 1 N–H and O–H groups in total. The molecule has 0 radical (unpaired) electrons. The minimum Gasteiger partial charge on any atom is -0.344 e.